The summed E-state index contributed by atoms with van der Waals surface area (Å²) >= 11 is 0. The van der Waals surface area contributed by atoms with Crippen LogP contribution in [-0.4, -0.2) is 11.8 Å². The van der Waals surface area contributed by atoms with Crippen LogP contribution in [0.15, 0.2) is 48.5 Å². The van der Waals surface area contributed by atoms with Gasteiger partial charge in [-0.05, 0) is 36.4 Å². The van der Waals surface area contributed by atoms with Crippen LogP contribution in [0.3, 0.4) is 0 Å². The predicted octanol–water partition coefficient (Wildman–Crippen LogP) is 2.27. The molecule has 2 aromatic carbocycles. The average molecular weight is 283 g/mol. The number of halogens is 1. The first-order chi connectivity index (χ1) is 10.1. The molecule has 2 amide bonds. The maximum Gasteiger partial charge on any atom is 0.314 e. The molecule has 2 aromatic rings. The number of carbonyl (C=O) groups excluding carboxylic acids is 2. The van der Waals surface area contributed by atoms with Crippen molar-refractivity contribution in [1.29, 1.82) is 5.26 Å². The fourth-order valence-corrected chi connectivity index (χ4v) is 1.56. The molecule has 0 aliphatic heterocycles. The molecule has 0 fully saturated rings. The number of benzene rings is 2. The van der Waals surface area contributed by atoms with E-state index in [0.717, 1.165) is 0 Å². The first-order valence-corrected chi connectivity index (χ1v) is 5.97. The van der Waals surface area contributed by atoms with Crippen molar-refractivity contribution in [2.24, 2.45) is 0 Å². The van der Waals surface area contributed by atoms with Crippen molar-refractivity contribution in [3.05, 3.63) is 59.9 Å². The third-order valence-electron chi connectivity index (χ3n) is 2.60. The molecule has 5 nitrogen and oxygen atoms in total. The number of amides is 2. The minimum atomic E-state index is -0.982. The Labute approximate surface area is 120 Å². The highest BCUT2D eigenvalue weighted by Crippen LogP contribution is 2.13. The Balaban J connectivity index is 2.01. The molecular weight excluding hydrogens is 273 g/mol. The lowest BCUT2D eigenvalue weighted by molar-refractivity contribution is -0.133. The molecule has 2 rings (SSSR count). The summed E-state index contributed by atoms with van der Waals surface area (Å²) in [4.78, 5) is 23.3. The summed E-state index contributed by atoms with van der Waals surface area (Å²) < 4.78 is 13.3. The van der Waals surface area contributed by atoms with Gasteiger partial charge in [-0.1, -0.05) is 12.1 Å². The number of nitrogens with one attached hydrogen (secondary N) is 2. The van der Waals surface area contributed by atoms with Crippen molar-refractivity contribution in [2.75, 3.05) is 10.6 Å². The summed E-state index contributed by atoms with van der Waals surface area (Å²) in [5.74, 6) is -2.54. The fraction of sp³-hybridized carbons (Fsp3) is 0. The number of rotatable bonds is 2. The third kappa shape index (κ3) is 3.64. The maximum absolute atomic E-state index is 13.3. The molecule has 0 bridgehead atoms. The Hall–Kier alpha value is -3.20. The highest BCUT2D eigenvalue weighted by Gasteiger charge is 2.15. The molecular formula is C15H10FN3O2. The molecule has 0 heterocycles. The number of carbonyl (C=O) groups is 2. The van der Waals surface area contributed by atoms with E-state index >= 15 is 0 Å². The summed E-state index contributed by atoms with van der Waals surface area (Å²) in [5.41, 5.74) is 0.726. The Kier molecular flexibility index (Phi) is 4.26. The van der Waals surface area contributed by atoms with Gasteiger partial charge >= 0.3 is 11.8 Å². The van der Waals surface area contributed by atoms with Gasteiger partial charge < -0.3 is 10.6 Å². The van der Waals surface area contributed by atoms with Crippen LogP contribution in [0, 0.1) is 17.1 Å². The Morgan fingerprint density at radius 2 is 1.57 bits per heavy atom. The van der Waals surface area contributed by atoms with E-state index in [1.807, 2.05) is 6.07 Å². The fourth-order valence-electron chi connectivity index (χ4n) is 1.56. The minimum Gasteiger partial charge on any atom is -0.318 e. The van der Waals surface area contributed by atoms with Crippen LogP contribution in [-0.2, 0) is 9.59 Å². The Morgan fingerprint density at radius 3 is 2.19 bits per heavy atom. The molecule has 0 atom stereocenters. The topological polar surface area (TPSA) is 82.0 Å². The molecule has 0 saturated carbocycles. The smallest absolute Gasteiger partial charge is 0.314 e. The van der Waals surface area contributed by atoms with Gasteiger partial charge in [-0.25, -0.2) is 4.39 Å². The van der Waals surface area contributed by atoms with Crippen LogP contribution in [0.2, 0.25) is 0 Å². The van der Waals surface area contributed by atoms with Crippen molar-refractivity contribution >= 4 is 23.2 Å². The highest BCUT2D eigenvalue weighted by atomic mass is 19.1. The minimum absolute atomic E-state index is 0.0718. The van der Waals surface area contributed by atoms with Gasteiger partial charge in [0.15, 0.2) is 0 Å². The molecule has 2 N–H and O–H groups in total. The molecule has 0 unspecified atom stereocenters. The molecule has 21 heavy (non-hydrogen) atoms. The van der Waals surface area contributed by atoms with Crippen LogP contribution in [0.5, 0.6) is 0 Å². The third-order valence-corrected chi connectivity index (χ3v) is 2.60. The second-order valence-corrected chi connectivity index (χ2v) is 4.08. The molecule has 0 saturated heterocycles. The summed E-state index contributed by atoms with van der Waals surface area (Å²) in [6.45, 7) is 0. The molecule has 0 radical (unpaired) electrons. The largest absolute Gasteiger partial charge is 0.318 e. The van der Waals surface area contributed by atoms with E-state index in [2.05, 4.69) is 10.6 Å². The average Bonchev–Trinajstić information content (AvgIpc) is 2.50. The van der Waals surface area contributed by atoms with Crippen molar-refractivity contribution in [3.8, 4) is 6.07 Å². The van der Waals surface area contributed by atoms with Gasteiger partial charge in [0, 0.05) is 5.69 Å². The van der Waals surface area contributed by atoms with Crippen molar-refractivity contribution in [3.63, 3.8) is 0 Å². The number of hydrogen-bond donors (Lipinski definition) is 2. The molecule has 0 aliphatic rings. The van der Waals surface area contributed by atoms with Gasteiger partial charge in [0.05, 0.1) is 17.3 Å². The predicted molar refractivity (Wildman–Crippen MR) is 74.8 cm³/mol. The van der Waals surface area contributed by atoms with Gasteiger partial charge in [0.25, 0.3) is 0 Å². The van der Waals surface area contributed by atoms with Crippen LogP contribution in [0.1, 0.15) is 5.56 Å². The monoisotopic (exact) mass is 283 g/mol. The quantitative estimate of drug-likeness (QED) is 0.829. The lowest BCUT2D eigenvalue weighted by Gasteiger charge is -2.07. The molecule has 0 aromatic heterocycles. The standard InChI is InChI=1S/C15H10FN3O2/c16-12-3-1-2-4-13(12)19-15(21)14(20)18-11-7-5-10(9-17)6-8-11/h1-8H,(H,18,20)(H,19,21). The van der Waals surface area contributed by atoms with E-state index in [4.69, 9.17) is 5.26 Å². The summed E-state index contributed by atoms with van der Waals surface area (Å²) in [6, 6.07) is 13.5. The lowest BCUT2D eigenvalue weighted by atomic mass is 10.2. The first kappa shape index (κ1) is 14.2. The second kappa shape index (κ2) is 6.30. The van der Waals surface area contributed by atoms with Gasteiger partial charge in [-0.3, -0.25) is 9.59 Å². The second-order valence-electron chi connectivity index (χ2n) is 4.08. The van der Waals surface area contributed by atoms with Crippen molar-refractivity contribution in [1.82, 2.24) is 0 Å². The number of hydrogen-bond acceptors (Lipinski definition) is 3. The van der Waals surface area contributed by atoms with Gasteiger partial charge in [-0.15, -0.1) is 0 Å². The maximum atomic E-state index is 13.3. The molecule has 6 heteroatoms. The van der Waals surface area contributed by atoms with Crippen molar-refractivity contribution in [2.45, 2.75) is 0 Å². The number of nitrogens with zero attached hydrogens (tertiary/aromatic N) is 1. The van der Waals surface area contributed by atoms with Crippen LogP contribution in [0.25, 0.3) is 0 Å². The Morgan fingerprint density at radius 1 is 0.952 bits per heavy atom. The summed E-state index contributed by atoms with van der Waals surface area (Å²) in [5, 5.41) is 13.2. The van der Waals surface area contributed by atoms with Gasteiger partial charge in [-0.2, -0.15) is 5.26 Å². The number of para-hydroxylation sites is 1. The number of anilines is 2. The Bertz CT molecular complexity index is 720. The van der Waals surface area contributed by atoms with Crippen molar-refractivity contribution < 1.29 is 14.0 Å². The van der Waals surface area contributed by atoms with Crippen LogP contribution >= 0.6 is 0 Å². The van der Waals surface area contributed by atoms with Gasteiger partial charge in [0.2, 0.25) is 0 Å². The van der Waals surface area contributed by atoms with Gasteiger partial charge in [0.1, 0.15) is 5.82 Å². The zero-order valence-electron chi connectivity index (χ0n) is 10.8. The van der Waals surface area contributed by atoms with Crippen LogP contribution < -0.4 is 10.6 Å². The first-order valence-electron chi connectivity index (χ1n) is 5.97. The zero-order valence-corrected chi connectivity index (χ0v) is 10.8. The highest BCUT2D eigenvalue weighted by molar-refractivity contribution is 6.43. The van der Waals surface area contributed by atoms with Crippen LogP contribution in [0.4, 0.5) is 15.8 Å². The summed E-state index contributed by atoms with van der Waals surface area (Å²) in [7, 11) is 0. The SMILES string of the molecule is N#Cc1ccc(NC(=O)C(=O)Nc2ccccc2F)cc1. The number of nitriles is 1. The van der Waals surface area contributed by atoms with E-state index in [1.165, 1.54) is 48.5 Å². The molecule has 0 aliphatic carbocycles. The van der Waals surface area contributed by atoms with E-state index in [0.29, 0.717) is 11.3 Å². The molecule has 0 spiro atoms. The van der Waals surface area contributed by atoms with E-state index < -0.39 is 17.6 Å². The van der Waals surface area contributed by atoms with E-state index in [9.17, 15) is 14.0 Å². The summed E-state index contributed by atoms with van der Waals surface area (Å²) in [6.07, 6.45) is 0. The normalized spacial score (nSPS) is 9.52. The van der Waals surface area contributed by atoms with E-state index in [1.54, 1.807) is 0 Å². The molecule has 104 valence electrons. The zero-order chi connectivity index (χ0) is 15.2. The lowest BCUT2D eigenvalue weighted by Crippen LogP contribution is -2.29. The van der Waals surface area contributed by atoms with E-state index in [-0.39, 0.29) is 5.69 Å².